The maximum atomic E-state index is 5.01. The van der Waals surface area contributed by atoms with E-state index in [9.17, 15) is 0 Å². The number of thiophene rings is 1. The number of aromatic nitrogens is 2. The molecule has 0 atom stereocenters. The molecule has 2 rings (SSSR count). The Morgan fingerprint density at radius 1 is 1.38 bits per heavy atom. The average Bonchev–Trinajstić information content (AvgIpc) is 2.71. The molecular weight excluding hydrogens is 184 g/mol. The molecule has 0 aliphatic heterocycles. The summed E-state index contributed by atoms with van der Waals surface area (Å²) in [6.45, 7) is 0. The molecule has 0 saturated carbocycles. The van der Waals surface area contributed by atoms with Crippen molar-refractivity contribution < 1.29 is 4.74 Å². The van der Waals surface area contributed by atoms with Crippen LogP contribution >= 0.6 is 11.3 Å². The lowest BCUT2D eigenvalue weighted by molar-refractivity contribution is 0.397. The number of ether oxygens (including phenoxy) is 1. The second-order valence-electron chi connectivity index (χ2n) is 2.40. The molecule has 3 nitrogen and oxygen atoms in total. The van der Waals surface area contributed by atoms with Gasteiger partial charge in [-0.1, -0.05) is 6.07 Å². The van der Waals surface area contributed by atoms with Gasteiger partial charge in [-0.15, -0.1) is 11.3 Å². The maximum absolute atomic E-state index is 5.01. The van der Waals surface area contributed by atoms with Gasteiger partial charge in [-0.05, 0) is 11.4 Å². The van der Waals surface area contributed by atoms with E-state index < -0.39 is 0 Å². The summed E-state index contributed by atoms with van der Waals surface area (Å²) in [4.78, 5) is 9.41. The molecule has 0 bridgehead atoms. The summed E-state index contributed by atoms with van der Waals surface area (Å²) in [6, 6.07) is 5.69. The molecule has 0 saturated heterocycles. The first kappa shape index (κ1) is 8.19. The number of rotatable bonds is 2. The molecule has 4 heteroatoms. The number of hydrogen-bond donors (Lipinski definition) is 0. The Balaban J connectivity index is 2.41. The van der Waals surface area contributed by atoms with E-state index in [0.717, 1.165) is 4.88 Å². The van der Waals surface area contributed by atoms with E-state index in [1.54, 1.807) is 30.7 Å². The smallest absolute Gasteiger partial charge is 0.216 e. The van der Waals surface area contributed by atoms with E-state index in [4.69, 9.17) is 4.74 Å². The second-order valence-corrected chi connectivity index (χ2v) is 3.35. The molecule has 66 valence electrons. The van der Waals surface area contributed by atoms with Crippen molar-refractivity contribution in [3.05, 3.63) is 29.8 Å². The van der Waals surface area contributed by atoms with Gasteiger partial charge in [0.15, 0.2) is 5.82 Å². The van der Waals surface area contributed by atoms with Gasteiger partial charge in [-0.2, -0.15) is 4.98 Å². The van der Waals surface area contributed by atoms with E-state index in [2.05, 4.69) is 9.97 Å². The molecule has 2 heterocycles. The van der Waals surface area contributed by atoms with E-state index in [0.29, 0.717) is 11.7 Å². The lowest BCUT2D eigenvalue weighted by Gasteiger charge is -1.99. The predicted octanol–water partition coefficient (Wildman–Crippen LogP) is 2.21. The quantitative estimate of drug-likeness (QED) is 0.731. The largest absolute Gasteiger partial charge is 0.481 e. The zero-order valence-corrected chi connectivity index (χ0v) is 7.91. The molecule has 13 heavy (non-hydrogen) atoms. The Labute approximate surface area is 80.0 Å². The summed E-state index contributed by atoms with van der Waals surface area (Å²) in [6.07, 6.45) is 1.70. The lowest BCUT2D eigenvalue weighted by Crippen LogP contribution is -1.90. The van der Waals surface area contributed by atoms with Crippen molar-refractivity contribution in [1.82, 2.24) is 9.97 Å². The Bertz CT molecular complexity index is 386. The lowest BCUT2D eigenvalue weighted by atomic mass is 10.4. The first-order valence-corrected chi connectivity index (χ1v) is 4.69. The average molecular weight is 192 g/mol. The zero-order valence-electron chi connectivity index (χ0n) is 7.10. The Morgan fingerprint density at radius 3 is 3.00 bits per heavy atom. The van der Waals surface area contributed by atoms with Crippen molar-refractivity contribution in [2.45, 2.75) is 0 Å². The van der Waals surface area contributed by atoms with Crippen LogP contribution in [0.1, 0.15) is 0 Å². The van der Waals surface area contributed by atoms with Crippen molar-refractivity contribution in [1.29, 1.82) is 0 Å². The SMILES string of the molecule is COc1ccnc(-c2cccs2)n1. The monoisotopic (exact) mass is 192 g/mol. The normalized spacial score (nSPS) is 9.92. The first-order chi connectivity index (χ1) is 6.40. The fourth-order valence-corrected chi connectivity index (χ4v) is 1.64. The minimum Gasteiger partial charge on any atom is -0.481 e. The van der Waals surface area contributed by atoms with Gasteiger partial charge in [0, 0.05) is 12.3 Å². The molecular formula is C9H8N2OS. The van der Waals surface area contributed by atoms with E-state index in [1.807, 2.05) is 17.5 Å². The molecule has 0 N–H and O–H groups in total. The molecule has 0 aromatic carbocycles. The van der Waals surface area contributed by atoms with Gasteiger partial charge in [0.25, 0.3) is 0 Å². The maximum Gasteiger partial charge on any atom is 0.216 e. The summed E-state index contributed by atoms with van der Waals surface area (Å²) in [5.74, 6) is 1.31. The van der Waals surface area contributed by atoms with E-state index in [1.165, 1.54) is 0 Å². The van der Waals surface area contributed by atoms with Gasteiger partial charge in [0.05, 0.1) is 12.0 Å². The van der Waals surface area contributed by atoms with Gasteiger partial charge in [-0.25, -0.2) is 4.98 Å². The molecule has 0 amide bonds. The van der Waals surface area contributed by atoms with Gasteiger partial charge in [0.1, 0.15) is 0 Å². The van der Waals surface area contributed by atoms with E-state index >= 15 is 0 Å². The van der Waals surface area contributed by atoms with Gasteiger partial charge in [0.2, 0.25) is 5.88 Å². The van der Waals surface area contributed by atoms with Crippen LogP contribution in [0.3, 0.4) is 0 Å². The predicted molar refractivity (Wildman–Crippen MR) is 51.9 cm³/mol. The number of nitrogens with zero attached hydrogens (tertiary/aromatic N) is 2. The van der Waals surface area contributed by atoms with Crippen molar-refractivity contribution in [2.24, 2.45) is 0 Å². The van der Waals surface area contributed by atoms with Crippen LogP contribution in [0.15, 0.2) is 29.8 Å². The highest BCUT2D eigenvalue weighted by Crippen LogP contribution is 2.21. The summed E-state index contributed by atoms with van der Waals surface area (Å²) >= 11 is 1.61. The molecule has 0 unspecified atom stereocenters. The van der Waals surface area contributed by atoms with Crippen molar-refractivity contribution >= 4 is 11.3 Å². The summed E-state index contributed by atoms with van der Waals surface area (Å²) in [7, 11) is 1.60. The summed E-state index contributed by atoms with van der Waals surface area (Å²) in [5.41, 5.74) is 0. The third-order valence-corrected chi connectivity index (χ3v) is 2.45. The highest BCUT2D eigenvalue weighted by Gasteiger charge is 2.02. The Morgan fingerprint density at radius 2 is 2.31 bits per heavy atom. The second kappa shape index (κ2) is 3.53. The van der Waals surface area contributed by atoms with Crippen molar-refractivity contribution in [2.75, 3.05) is 7.11 Å². The van der Waals surface area contributed by atoms with Crippen LogP contribution in [0, 0.1) is 0 Å². The van der Waals surface area contributed by atoms with Crippen LogP contribution in [0.25, 0.3) is 10.7 Å². The highest BCUT2D eigenvalue weighted by atomic mass is 32.1. The van der Waals surface area contributed by atoms with Crippen LogP contribution in [0.2, 0.25) is 0 Å². The molecule has 0 aliphatic carbocycles. The Kier molecular flexibility index (Phi) is 2.23. The van der Waals surface area contributed by atoms with Crippen LogP contribution in [-0.2, 0) is 0 Å². The van der Waals surface area contributed by atoms with Crippen molar-refractivity contribution in [3.8, 4) is 16.6 Å². The van der Waals surface area contributed by atoms with Crippen LogP contribution in [0.4, 0.5) is 0 Å². The van der Waals surface area contributed by atoms with Crippen LogP contribution in [0.5, 0.6) is 5.88 Å². The third-order valence-electron chi connectivity index (χ3n) is 1.58. The fraction of sp³-hybridized carbons (Fsp3) is 0.111. The van der Waals surface area contributed by atoms with Crippen molar-refractivity contribution in [3.63, 3.8) is 0 Å². The molecule has 2 aromatic rings. The molecule has 2 aromatic heterocycles. The Hall–Kier alpha value is -1.42. The first-order valence-electron chi connectivity index (χ1n) is 3.81. The third kappa shape index (κ3) is 1.67. The fourth-order valence-electron chi connectivity index (χ4n) is 0.980. The minimum atomic E-state index is 0.596. The van der Waals surface area contributed by atoms with E-state index in [-0.39, 0.29) is 0 Å². The summed E-state index contributed by atoms with van der Waals surface area (Å²) < 4.78 is 5.01. The van der Waals surface area contributed by atoms with Crippen LogP contribution in [-0.4, -0.2) is 17.1 Å². The topological polar surface area (TPSA) is 35.0 Å². The van der Waals surface area contributed by atoms with Gasteiger partial charge in [-0.3, -0.25) is 0 Å². The molecule has 0 fully saturated rings. The number of hydrogen-bond acceptors (Lipinski definition) is 4. The number of methoxy groups -OCH3 is 1. The molecule has 0 radical (unpaired) electrons. The summed E-state index contributed by atoms with van der Waals surface area (Å²) in [5, 5.41) is 2.00. The molecule has 0 aliphatic rings. The zero-order chi connectivity index (χ0) is 9.10. The van der Waals surface area contributed by atoms with Gasteiger partial charge >= 0.3 is 0 Å². The molecule has 0 spiro atoms. The highest BCUT2D eigenvalue weighted by molar-refractivity contribution is 7.13. The van der Waals surface area contributed by atoms with Gasteiger partial charge < -0.3 is 4.74 Å². The standard InChI is InChI=1S/C9H8N2OS/c1-12-8-4-5-10-9(11-8)7-3-2-6-13-7/h2-6H,1H3. The van der Waals surface area contributed by atoms with Crippen LogP contribution < -0.4 is 4.74 Å². The minimum absolute atomic E-state index is 0.596.